The molecule has 1 rings (SSSR count). The molecule has 0 spiro atoms. The predicted octanol–water partition coefficient (Wildman–Crippen LogP) is -0.514. The van der Waals surface area contributed by atoms with Crippen LogP contribution >= 0.6 is 0 Å². The van der Waals surface area contributed by atoms with Gasteiger partial charge in [-0.15, -0.1) is 0 Å². The van der Waals surface area contributed by atoms with Crippen LogP contribution in [0, 0.1) is 5.92 Å². The van der Waals surface area contributed by atoms with Crippen LogP contribution in [0.3, 0.4) is 0 Å². The highest BCUT2D eigenvalue weighted by atomic mass is 16.7. The average Bonchev–Trinajstić information content (AvgIpc) is 2.18. The first-order chi connectivity index (χ1) is 6.93. The smallest absolute Gasteiger partial charge is 0.186 e. The Hall–Kier alpha value is -0.200. The van der Waals surface area contributed by atoms with Crippen molar-refractivity contribution in [1.82, 2.24) is 0 Å². The third-order valence-electron chi connectivity index (χ3n) is 2.40. The highest BCUT2D eigenvalue weighted by molar-refractivity contribution is 4.87. The molecule has 0 amide bonds. The molecule has 15 heavy (non-hydrogen) atoms. The summed E-state index contributed by atoms with van der Waals surface area (Å²) in [6.07, 6.45) is -4.89. The van der Waals surface area contributed by atoms with E-state index in [0.717, 1.165) is 0 Å². The monoisotopic (exact) mass is 220 g/mol. The second kappa shape index (κ2) is 5.23. The molecule has 1 aliphatic rings. The van der Waals surface area contributed by atoms with Crippen molar-refractivity contribution in [1.29, 1.82) is 0 Å². The van der Waals surface area contributed by atoms with Gasteiger partial charge in [-0.05, 0) is 12.8 Å². The van der Waals surface area contributed by atoms with E-state index in [9.17, 15) is 15.3 Å². The molecule has 1 aliphatic heterocycles. The van der Waals surface area contributed by atoms with Gasteiger partial charge in [-0.25, -0.2) is 0 Å². The van der Waals surface area contributed by atoms with E-state index in [-0.39, 0.29) is 0 Å². The summed E-state index contributed by atoms with van der Waals surface area (Å²) < 4.78 is 10.6. The maximum atomic E-state index is 9.58. The first kappa shape index (κ1) is 12.9. The van der Waals surface area contributed by atoms with Gasteiger partial charge in [0.1, 0.15) is 18.3 Å². The lowest BCUT2D eigenvalue weighted by molar-refractivity contribution is -0.294. The Balaban J connectivity index is 2.51. The zero-order chi connectivity index (χ0) is 11.6. The van der Waals surface area contributed by atoms with Gasteiger partial charge in [0.15, 0.2) is 6.29 Å². The van der Waals surface area contributed by atoms with Gasteiger partial charge in [0.2, 0.25) is 0 Å². The van der Waals surface area contributed by atoms with Crippen molar-refractivity contribution in [3.63, 3.8) is 0 Å². The molecule has 5 heteroatoms. The average molecular weight is 220 g/mol. The summed E-state index contributed by atoms with van der Waals surface area (Å²) in [6, 6.07) is 0. The molecule has 0 aromatic rings. The molecule has 5 nitrogen and oxygen atoms in total. The van der Waals surface area contributed by atoms with Crippen LogP contribution in [0.2, 0.25) is 0 Å². The van der Waals surface area contributed by atoms with Crippen molar-refractivity contribution >= 4 is 0 Å². The van der Waals surface area contributed by atoms with Crippen molar-refractivity contribution in [3.05, 3.63) is 0 Å². The van der Waals surface area contributed by atoms with E-state index < -0.39 is 30.7 Å². The normalized spacial score (nSPS) is 42.2. The first-order valence-corrected chi connectivity index (χ1v) is 5.24. The van der Waals surface area contributed by atoms with Crippen LogP contribution in [0.15, 0.2) is 0 Å². The molecule has 90 valence electrons. The molecule has 3 N–H and O–H groups in total. The standard InChI is InChI=1S/C10H20O5/c1-5(2)4-14-10-9(13)8(12)7(11)6(3)15-10/h5-13H,4H2,1-3H3. The van der Waals surface area contributed by atoms with Crippen molar-refractivity contribution < 1.29 is 24.8 Å². The van der Waals surface area contributed by atoms with E-state index in [1.54, 1.807) is 6.92 Å². The number of aliphatic hydroxyl groups excluding tert-OH is 3. The summed E-state index contributed by atoms with van der Waals surface area (Å²) in [5, 5.41) is 28.5. The molecule has 0 aromatic heterocycles. The third kappa shape index (κ3) is 3.12. The maximum absolute atomic E-state index is 9.58. The lowest BCUT2D eigenvalue weighted by atomic mass is 10.00. The van der Waals surface area contributed by atoms with E-state index >= 15 is 0 Å². The summed E-state index contributed by atoms with van der Waals surface area (Å²) in [7, 11) is 0. The number of ether oxygens (including phenoxy) is 2. The molecular weight excluding hydrogens is 200 g/mol. The van der Waals surface area contributed by atoms with Crippen LogP contribution in [-0.4, -0.2) is 52.6 Å². The molecule has 0 radical (unpaired) electrons. The van der Waals surface area contributed by atoms with Crippen LogP contribution in [0.5, 0.6) is 0 Å². The summed E-state index contributed by atoms with van der Waals surface area (Å²) in [5.74, 6) is 0.320. The van der Waals surface area contributed by atoms with Gasteiger partial charge in [-0.3, -0.25) is 0 Å². The molecular formula is C10H20O5. The van der Waals surface area contributed by atoms with Gasteiger partial charge in [0.25, 0.3) is 0 Å². The highest BCUT2D eigenvalue weighted by Crippen LogP contribution is 2.21. The Kier molecular flexibility index (Phi) is 4.48. The topological polar surface area (TPSA) is 79.2 Å². The Bertz CT molecular complexity index is 196. The van der Waals surface area contributed by atoms with Crippen LogP contribution < -0.4 is 0 Å². The van der Waals surface area contributed by atoms with E-state index in [1.165, 1.54) is 0 Å². The second-order valence-corrected chi connectivity index (χ2v) is 4.41. The minimum absolute atomic E-state index is 0.320. The van der Waals surface area contributed by atoms with Crippen LogP contribution in [0.25, 0.3) is 0 Å². The quantitative estimate of drug-likeness (QED) is 0.597. The summed E-state index contributed by atoms with van der Waals surface area (Å²) in [4.78, 5) is 0. The molecule has 5 unspecified atom stereocenters. The lowest BCUT2D eigenvalue weighted by Gasteiger charge is -2.39. The van der Waals surface area contributed by atoms with E-state index in [1.807, 2.05) is 13.8 Å². The lowest BCUT2D eigenvalue weighted by Crippen LogP contribution is -2.57. The zero-order valence-corrected chi connectivity index (χ0v) is 9.33. The third-order valence-corrected chi connectivity index (χ3v) is 2.40. The van der Waals surface area contributed by atoms with Crippen molar-refractivity contribution in [2.75, 3.05) is 6.61 Å². The Morgan fingerprint density at radius 1 is 1.13 bits per heavy atom. The van der Waals surface area contributed by atoms with Crippen molar-refractivity contribution in [3.8, 4) is 0 Å². The number of hydrogen-bond donors (Lipinski definition) is 3. The van der Waals surface area contributed by atoms with Crippen molar-refractivity contribution in [2.45, 2.75) is 51.5 Å². The van der Waals surface area contributed by atoms with E-state index in [2.05, 4.69) is 0 Å². The molecule has 1 heterocycles. The highest BCUT2D eigenvalue weighted by Gasteiger charge is 2.42. The second-order valence-electron chi connectivity index (χ2n) is 4.41. The van der Waals surface area contributed by atoms with Gasteiger partial charge < -0.3 is 24.8 Å². The van der Waals surface area contributed by atoms with Gasteiger partial charge in [0, 0.05) is 0 Å². The minimum Gasteiger partial charge on any atom is -0.388 e. The fourth-order valence-corrected chi connectivity index (χ4v) is 1.44. The van der Waals surface area contributed by atoms with Gasteiger partial charge in [-0.2, -0.15) is 0 Å². The number of aliphatic hydroxyl groups is 3. The Morgan fingerprint density at radius 3 is 2.27 bits per heavy atom. The molecule has 0 bridgehead atoms. The van der Waals surface area contributed by atoms with E-state index in [4.69, 9.17) is 9.47 Å². The first-order valence-electron chi connectivity index (χ1n) is 5.24. The van der Waals surface area contributed by atoms with Gasteiger partial charge in [0.05, 0.1) is 12.7 Å². The van der Waals surface area contributed by atoms with Crippen LogP contribution in [0.4, 0.5) is 0 Å². The Labute approximate surface area is 89.6 Å². The summed E-state index contributed by atoms with van der Waals surface area (Å²) in [5.41, 5.74) is 0. The number of rotatable bonds is 3. The SMILES string of the molecule is CC(C)COC1OC(C)C(O)C(O)C1O. The van der Waals surface area contributed by atoms with Crippen LogP contribution in [-0.2, 0) is 9.47 Å². The Morgan fingerprint density at radius 2 is 1.73 bits per heavy atom. The molecule has 1 saturated heterocycles. The van der Waals surface area contributed by atoms with E-state index in [0.29, 0.717) is 12.5 Å². The van der Waals surface area contributed by atoms with Gasteiger partial charge in [-0.1, -0.05) is 13.8 Å². The summed E-state index contributed by atoms with van der Waals surface area (Å²) >= 11 is 0. The van der Waals surface area contributed by atoms with Crippen LogP contribution in [0.1, 0.15) is 20.8 Å². The molecule has 1 fully saturated rings. The number of hydrogen-bond acceptors (Lipinski definition) is 5. The molecule has 0 saturated carbocycles. The maximum Gasteiger partial charge on any atom is 0.186 e. The molecule has 0 aromatic carbocycles. The fourth-order valence-electron chi connectivity index (χ4n) is 1.44. The summed E-state index contributed by atoms with van der Waals surface area (Å²) in [6.45, 7) is 6.02. The predicted molar refractivity (Wildman–Crippen MR) is 53.1 cm³/mol. The van der Waals surface area contributed by atoms with Crippen molar-refractivity contribution in [2.24, 2.45) is 5.92 Å². The molecule has 5 atom stereocenters. The zero-order valence-electron chi connectivity index (χ0n) is 9.33. The molecule has 0 aliphatic carbocycles. The fraction of sp³-hybridized carbons (Fsp3) is 1.00. The van der Waals surface area contributed by atoms with Gasteiger partial charge >= 0.3 is 0 Å². The largest absolute Gasteiger partial charge is 0.388 e. The minimum atomic E-state index is -1.22.